The van der Waals surface area contributed by atoms with Gasteiger partial charge in [0.15, 0.2) is 0 Å². The van der Waals surface area contributed by atoms with Crippen LogP contribution in [0.2, 0.25) is 0 Å². The topological polar surface area (TPSA) is 9.23 Å². The number of hydrogen-bond acceptors (Lipinski definition) is 1. The Morgan fingerprint density at radius 2 is 2.00 bits per heavy atom. The average molecular weight is 191 g/mol. The number of ether oxygens (including phenoxy) is 1. The summed E-state index contributed by atoms with van der Waals surface area (Å²) in [4.78, 5) is 0. The van der Waals surface area contributed by atoms with E-state index in [9.17, 15) is 0 Å². The predicted octanol–water partition coefficient (Wildman–Crippen LogP) is 3.60. The molecule has 0 saturated carbocycles. The molecule has 0 heterocycles. The molecule has 0 fully saturated rings. The van der Waals surface area contributed by atoms with E-state index < -0.39 is 0 Å². The monoisotopic (exact) mass is 191 g/mol. The van der Waals surface area contributed by atoms with Crippen LogP contribution in [0.4, 0.5) is 0 Å². The van der Waals surface area contributed by atoms with Crippen molar-refractivity contribution in [3.63, 3.8) is 0 Å². The predicted molar refractivity (Wildman–Crippen MR) is 59.9 cm³/mol. The summed E-state index contributed by atoms with van der Waals surface area (Å²) in [5.41, 5.74) is 1.24. The summed E-state index contributed by atoms with van der Waals surface area (Å²) in [6.07, 6.45) is 3.45. The molecule has 14 heavy (non-hydrogen) atoms. The van der Waals surface area contributed by atoms with Crippen molar-refractivity contribution in [2.24, 2.45) is 0 Å². The van der Waals surface area contributed by atoms with Gasteiger partial charge in [-0.15, -0.1) is 0 Å². The molecule has 1 atom stereocenters. The van der Waals surface area contributed by atoms with Crippen LogP contribution < -0.4 is 0 Å². The molecule has 0 aliphatic heterocycles. The molecular formula is C13H19O. The van der Waals surface area contributed by atoms with E-state index in [4.69, 9.17) is 4.74 Å². The summed E-state index contributed by atoms with van der Waals surface area (Å²) in [6.45, 7) is 6.78. The van der Waals surface area contributed by atoms with Gasteiger partial charge in [0.2, 0.25) is 0 Å². The lowest BCUT2D eigenvalue weighted by Gasteiger charge is -2.14. The lowest BCUT2D eigenvalue weighted by Crippen LogP contribution is -2.11. The van der Waals surface area contributed by atoms with Gasteiger partial charge in [-0.1, -0.05) is 50.6 Å². The fourth-order valence-corrected chi connectivity index (χ4v) is 1.42. The molecule has 0 bridgehead atoms. The molecule has 1 aromatic carbocycles. The maximum absolute atomic E-state index is 5.76. The third-order valence-corrected chi connectivity index (χ3v) is 2.26. The molecule has 1 heteroatoms. The van der Waals surface area contributed by atoms with Gasteiger partial charge in [0.25, 0.3) is 0 Å². The van der Waals surface area contributed by atoms with E-state index in [-0.39, 0.29) is 0 Å². The van der Waals surface area contributed by atoms with Crippen molar-refractivity contribution in [3.8, 4) is 0 Å². The molecule has 0 amide bonds. The Kier molecular flexibility index (Phi) is 5.31. The highest BCUT2D eigenvalue weighted by atomic mass is 16.5. The summed E-state index contributed by atoms with van der Waals surface area (Å²) < 4.78 is 5.76. The minimum Gasteiger partial charge on any atom is -0.374 e. The van der Waals surface area contributed by atoms with E-state index >= 15 is 0 Å². The lowest BCUT2D eigenvalue weighted by molar-refractivity contribution is 0.0361. The summed E-state index contributed by atoms with van der Waals surface area (Å²) in [6, 6.07) is 10.3. The molecule has 0 aliphatic rings. The van der Waals surface area contributed by atoms with Crippen LogP contribution in [0.3, 0.4) is 0 Å². The molecule has 0 spiro atoms. The molecule has 1 radical (unpaired) electrons. The fraction of sp³-hybridized carbons (Fsp3) is 0.462. The van der Waals surface area contributed by atoms with Crippen molar-refractivity contribution in [2.75, 3.05) is 0 Å². The van der Waals surface area contributed by atoms with Crippen LogP contribution in [0.15, 0.2) is 30.3 Å². The fourth-order valence-electron chi connectivity index (χ4n) is 1.42. The highest BCUT2D eigenvalue weighted by Crippen LogP contribution is 2.09. The lowest BCUT2D eigenvalue weighted by atomic mass is 10.1. The maximum atomic E-state index is 5.76. The second-order valence-corrected chi connectivity index (χ2v) is 3.50. The zero-order valence-corrected chi connectivity index (χ0v) is 8.91. The van der Waals surface area contributed by atoms with Crippen LogP contribution >= 0.6 is 0 Å². The van der Waals surface area contributed by atoms with Gasteiger partial charge in [-0.3, -0.25) is 0 Å². The first-order valence-corrected chi connectivity index (χ1v) is 5.31. The maximum Gasteiger partial charge on any atom is 0.0720 e. The van der Waals surface area contributed by atoms with Crippen molar-refractivity contribution < 1.29 is 4.74 Å². The van der Waals surface area contributed by atoms with Crippen molar-refractivity contribution in [2.45, 2.75) is 38.9 Å². The molecule has 1 rings (SSSR count). The van der Waals surface area contributed by atoms with Crippen LogP contribution in [0, 0.1) is 6.92 Å². The first-order chi connectivity index (χ1) is 6.86. The Balaban J connectivity index is 2.32. The highest BCUT2D eigenvalue weighted by Gasteiger charge is 2.04. The average Bonchev–Trinajstić information content (AvgIpc) is 2.25. The Labute approximate surface area is 87.1 Å². The minimum atomic E-state index is 0.320. The van der Waals surface area contributed by atoms with E-state index in [1.165, 1.54) is 5.56 Å². The van der Waals surface area contributed by atoms with E-state index in [1.807, 2.05) is 18.2 Å². The first kappa shape index (κ1) is 11.3. The van der Waals surface area contributed by atoms with Crippen molar-refractivity contribution >= 4 is 0 Å². The summed E-state index contributed by atoms with van der Waals surface area (Å²) in [7, 11) is 0. The Morgan fingerprint density at radius 3 is 2.57 bits per heavy atom. The van der Waals surface area contributed by atoms with Crippen molar-refractivity contribution in [1.82, 2.24) is 0 Å². The smallest absolute Gasteiger partial charge is 0.0720 e. The third kappa shape index (κ3) is 3.93. The van der Waals surface area contributed by atoms with Gasteiger partial charge >= 0.3 is 0 Å². The molecular weight excluding hydrogens is 172 g/mol. The van der Waals surface area contributed by atoms with Crippen LogP contribution in [0.5, 0.6) is 0 Å². The van der Waals surface area contributed by atoms with Crippen LogP contribution in [0.1, 0.15) is 31.7 Å². The molecule has 0 N–H and O–H groups in total. The largest absolute Gasteiger partial charge is 0.374 e. The van der Waals surface area contributed by atoms with Crippen molar-refractivity contribution in [1.29, 1.82) is 0 Å². The number of rotatable bonds is 6. The van der Waals surface area contributed by atoms with Gasteiger partial charge in [0.05, 0.1) is 12.7 Å². The van der Waals surface area contributed by atoms with E-state index in [0.717, 1.165) is 19.3 Å². The van der Waals surface area contributed by atoms with Crippen LogP contribution in [-0.4, -0.2) is 6.10 Å². The van der Waals surface area contributed by atoms with Crippen LogP contribution in [0.25, 0.3) is 0 Å². The van der Waals surface area contributed by atoms with Gasteiger partial charge < -0.3 is 4.74 Å². The summed E-state index contributed by atoms with van der Waals surface area (Å²) in [5.74, 6) is 0. The van der Waals surface area contributed by atoms with Gasteiger partial charge in [0.1, 0.15) is 0 Å². The number of hydrogen-bond donors (Lipinski definition) is 0. The van der Waals surface area contributed by atoms with Crippen LogP contribution in [-0.2, 0) is 11.3 Å². The second-order valence-electron chi connectivity index (χ2n) is 3.50. The molecule has 77 valence electrons. The highest BCUT2D eigenvalue weighted by molar-refractivity contribution is 5.13. The van der Waals surface area contributed by atoms with Gasteiger partial charge in [-0.2, -0.15) is 0 Å². The first-order valence-electron chi connectivity index (χ1n) is 5.31. The molecule has 1 unspecified atom stereocenters. The van der Waals surface area contributed by atoms with Gasteiger partial charge in [0, 0.05) is 0 Å². The molecule has 1 nitrogen and oxygen atoms in total. The second kappa shape index (κ2) is 6.61. The Hall–Kier alpha value is -0.820. The van der Waals surface area contributed by atoms with E-state index in [2.05, 4.69) is 26.0 Å². The zero-order chi connectivity index (χ0) is 10.2. The summed E-state index contributed by atoms with van der Waals surface area (Å²) >= 11 is 0. The molecule has 0 saturated heterocycles. The molecule has 0 aliphatic carbocycles. The van der Waals surface area contributed by atoms with E-state index in [1.54, 1.807) is 0 Å². The summed E-state index contributed by atoms with van der Waals surface area (Å²) in [5, 5.41) is 0. The Bertz CT molecular complexity index is 230. The molecule has 1 aromatic rings. The Morgan fingerprint density at radius 1 is 1.29 bits per heavy atom. The van der Waals surface area contributed by atoms with Gasteiger partial charge in [-0.25, -0.2) is 0 Å². The van der Waals surface area contributed by atoms with Crippen molar-refractivity contribution in [3.05, 3.63) is 42.8 Å². The third-order valence-electron chi connectivity index (χ3n) is 2.26. The normalized spacial score (nSPS) is 12.7. The van der Waals surface area contributed by atoms with E-state index in [0.29, 0.717) is 12.7 Å². The zero-order valence-electron chi connectivity index (χ0n) is 8.91. The molecule has 0 aromatic heterocycles. The quantitative estimate of drug-likeness (QED) is 0.667. The minimum absolute atomic E-state index is 0.320. The number of benzene rings is 1. The SMILES string of the molecule is [CH2]CC(CCC)OCc1ccccc1. The van der Waals surface area contributed by atoms with Gasteiger partial charge in [-0.05, 0) is 18.4 Å². The standard InChI is InChI=1S/C13H19O/c1-3-8-13(4-2)14-11-12-9-6-5-7-10-12/h5-7,9-10,13H,2-4,8,11H2,1H3.